The van der Waals surface area contributed by atoms with Crippen LogP contribution in [0.3, 0.4) is 0 Å². The van der Waals surface area contributed by atoms with Crippen molar-refractivity contribution in [2.75, 3.05) is 13.2 Å². The molecular formula is C16H25N3O2. The Bertz CT molecular complexity index is 449. The Morgan fingerprint density at radius 1 is 1.48 bits per heavy atom. The van der Waals surface area contributed by atoms with Crippen LogP contribution in [-0.2, 0) is 4.79 Å². The molecule has 2 rings (SSSR count). The number of nitriles is 1. The van der Waals surface area contributed by atoms with Gasteiger partial charge < -0.3 is 15.3 Å². The third-order valence-electron chi connectivity index (χ3n) is 4.87. The standard InChI is InChI=1S/C16H25N3O2/c1-12(2)14-6-5-13(9-17)19(14)15(21)10-18-16(11-20)7-3-4-8-16/h13-14,18,20H,1,3-8,10-11H2,2H3. The second-order valence-electron chi connectivity index (χ2n) is 6.38. The second kappa shape index (κ2) is 6.59. The molecule has 0 spiro atoms. The number of amides is 1. The normalized spacial score (nSPS) is 27.6. The molecule has 0 aromatic carbocycles. The van der Waals surface area contributed by atoms with Gasteiger partial charge in [-0.2, -0.15) is 5.26 Å². The lowest BCUT2D eigenvalue weighted by Gasteiger charge is -2.32. The van der Waals surface area contributed by atoms with Gasteiger partial charge in [0, 0.05) is 5.54 Å². The van der Waals surface area contributed by atoms with Gasteiger partial charge >= 0.3 is 0 Å². The Morgan fingerprint density at radius 3 is 2.67 bits per heavy atom. The monoisotopic (exact) mass is 291 g/mol. The van der Waals surface area contributed by atoms with Gasteiger partial charge in [-0.3, -0.25) is 4.79 Å². The number of hydrogen-bond acceptors (Lipinski definition) is 4. The molecule has 1 heterocycles. The van der Waals surface area contributed by atoms with Crippen LogP contribution in [0.25, 0.3) is 0 Å². The van der Waals surface area contributed by atoms with Crippen LogP contribution >= 0.6 is 0 Å². The number of aliphatic hydroxyl groups excluding tert-OH is 1. The molecule has 2 atom stereocenters. The molecule has 1 saturated heterocycles. The highest BCUT2D eigenvalue weighted by molar-refractivity contribution is 5.80. The molecule has 5 heteroatoms. The first-order valence-corrected chi connectivity index (χ1v) is 7.75. The van der Waals surface area contributed by atoms with Crippen molar-refractivity contribution in [2.24, 2.45) is 0 Å². The second-order valence-corrected chi connectivity index (χ2v) is 6.38. The van der Waals surface area contributed by atoms with Crippen LogP contribution in [0.5, 0.6) is 0 Å². The van der Waals surface area contributed by atoms with E-state index in [9.17, 15) is 15.2 Å². The number of nitrogens with zero attached hydrogens (tertiary/aromatic N) is 2. The summed E-state index contributed by atoms with van der Waals surface area (Å²) in [5, 5.41) is 22.1. The highest BCUT2D eigenvalue weighted by atomic mass is 16.3. The third kappa shape index (κ3) is 3.28. The largest absolute Gasteiger partial charge is 0.394 e. The fourth-order valence-electron chi connectivity index (χ4n) is 3.57. The van der Waals surface area contributed by atoms with E-state index in [4.69, 9.17) is 0 Å². The quantitative estimate of drug-likeness (QED) is 0.750. The zero-order valence-corrected chi connectivity index (χ0v) is 12.8. The van der Waals surface area contributed by atoms with Gasteiger partial charge in [0.05, 0.1) is 25.3 Å². The number of likely N-dealkylation sites (tertiary alicyclic amines) is 1. The van der Waals surface area contributed by atoms with E-state index < -0.39 is 0 Å². The summed E-state index contributed by atoms with van der Waals surface area (Å²) < 4.78 is 0. The van der Waals surface area contributed by atoms with Gasteiger partial charge in [0.15, 0.2) is 0 Å². The molecule has 0 aromatic heterocycles. The summed E-state index contributed by atoms with van der Waals surface area (Å²) in [6, 6.07) is 1.84. The summed E-state index contributed by atoms with van der Waals surface area (Å²) >= 11 is 0. The SMILES string of the molecule is C=C(C)C1CCC(C#N)N1C(=O)CNC1(CO)CCCC1. The lowest BCUT2D eigenvalue weighted by atomic mass is 9.99. The molecule has 1 amide bonds. The number of hydrogen-bond donors (Lipinski definition) is 2. The first kappa shape index (κ1) is 16.0. The smallest absolute Gasteiger partial charge is 0.238 e. The predicted molar refractivity (Wildman–Crippen MR) is 80.4 cm³/mol. The molecule has 2 N–H and O–H groups in total. The van der Waals surface area contributed by atoms with Gasteiger partial charge in [-0.05, 0) is 32.6 Å². The van der Waals surface area contributed by atoms with Crippen LogP contribution in [0, 0.1) is 11.3 Å². The molecule has 2 unspecified atom stereocenters. The fraction of sp³-hybridized carbons (Fsp3) is 0.750. The van der Waals surface area contributed by atoms with E-state index in [1.807, 2.05) is 6.92 Å². The molecule has 1 aliphatic heterocycles. The number of carbonyl (C=O) groups excluding carboxylic acids is 1. The minimum Gasteiger partial charge on any atom is -0.394 e. The zero-order chi connectivity index (χ0) is 15.5. The Balaban J connectivity index is 2.00. The van der Waals surface area contributed by atoms with E-state index in [1.54, 1.807) is 4.90 Å². The van der Waals surface area contributed by atoms with Gasteiger partial charge in [-0.25, -0.2) is 0 Å². The molecule has 0 aromatic rings. The Kier molecular flexibility index (Phi) is 5.02. The number of aliphatic hydroxyl groups is 1. The number of nitrogens with one attached hydrogen (secondary N) is 1. The molecule has 1 aliphatic carbocycles. The van der Waals surface area contributed by atoms with Crippen molar-refractivity contribution in [1.82, 2.24) is 10.2 Å². The van der Waals surface area contributed by atoms with Gasteiger partial charge in [0.1, 0.15) is 6.04 Å². The first-order chi connectivity index (χ1) is 10.0. The van der Waals surface area contributed by atoms with E-state index in [0.717, 1.165) is 37.7 Å². The molecular weight excluding hydrogens is 266 g/mol. The van der Waals surface area contributed by atoms with E-state index >= 15 is 0 Å². The molecule has 0 radical (unpaired) electrons. The zero-order valence-electron chi connectivity index (χ0n) is 12.8. The van der Waals surface area contributed by atoms with E-state index in [-0.39, 0.29) is 36.7 Å². The summed E-state index contributed by atoms with van der Waals surface area (Å²) in [5.41, 5.74) is 0.620. The molecule has 5 nitrogen and oxygen atoms in total. The molecule has 2 fully saturated rings. The van der Waals surface area contributed by atoms with Crippen molar-refractivity contribution >= 4 is 5.91 Å². The van der Waals surface area contributed by atoms with Crippen LogP contribution in [-0.4, -0.2) is 46.7 Å². The van der Waals surface area contributed by atoms with Gasteiger partial charge in [0.25, 0.3) is 0 Å². The molecule has 116 valence electrons. The van der Waals surface area contributed by atoms with Crippen molar-refractivity contribution in [2.45, 2.75) is 63.1 Å². The average molecular weight is 291 g/mol. The Hall–Kier alpha value is -1.38. The summed E-state index contributed by atoms with van der Waals surface area (Å²) in [7, 11) is 0. The van der Waals surface area contributed by atoms with E-state index in [2.05, 4.69) is 18.0 Å². The van der Waals surface area contributed by atoms with Crippen LogP contribution in [0.15, 0.2) is 12.2 Å². The van der Waals surface area contributed by atoms with Crippen LogP contribution < -0.4 is 5.32 Å². The van der Waals surface area contributed by atoms with E-state index in [1.165, 1.54) is 0 Å². The summed E-state index contributed by atoms with van der Waals surface area (Å²) in [6.07, 6.45) is 5.50. The van der Waals surface area contributed by atoms with Gasteiger partial charge in [0.2, 0.25) is 5.91 Å². The Morgan fingerprint density at radius 2 is 2.14 bits per heavy atom. The molecule has 1 saturated carbocycles. The number of carbonyl (C=O) groups is 1. The predicted octanol–water partition coefficient (Wildman–Crippen LogP) is 1.34. The topological polar surface area (TPSA) is 76.4 Å². The maximum atomic E-state index is 12.5. The number of rotatable bonds is 5. The van der Waals surface area contributed by atoms with Crippen molar-refractivity contribution < 1.29 is 9.90 Å². The van der Waals surface area contributed by atoms with Crippen molar-refractivity contribution in [1.29, 1.82) is 5.26 Å². The van der Waals surface area contributed by atoms with Crippen LogP contribution in [0.4, 0.5) is 0 Å². The lowest BCUT2D eigenvalue weighted by molar-refractivity contribution is -0.132. The van der Waals surface area contributed by atoms with Crippen LogP contribution in [0.2, 0.25) is 0 Å². The highest BCUT2D eigenvalue weighted by Crippen LogP contribution is 2.30. The summed E-state index contributed by atoms with van der Waals surface area (Å²) in [4.78, 5) is 14.2. The first-order valence-electron chi connectivity index (χ1n) is 7.75. The summed E-state index contributed by atoms with van der Waals surface area (Å²) in [6.45, 7) is 6.09. The van der Waals surface area contributed by atoms with Gasteiger partial charge in [-0.1, -0.05) is 25.0 Å². The minimum atomic E-state index is -0.352. The van der Waals surface area contributed by atoms with E-state index in [0.29, 0.717) is 6.42 Å². The minimum absolute atomic E-state index is 0.0300. The molecule has 0 bridgehead atoms. The Labute approximate surface area is 126 Å². The lowest BCUT2D eigenvalue weighted by Crippen LogP contribution is -2.52. The fourth-order valence-corrected chi connectivity index (χ4v) is 3.57. The van der Waals surface area contributed by atoms with Gasteiger partial charge in [-0.15, -0.1) is 0 Å². The summed E-state index contributed by atoms with van der Waals surface area (Å²) in [5.74, 6) is -0.0632. The van der Waals surface area contributed by atoms with Crippen molar-refractivity contribution in [3.63, 3.8) is 0 Å². The molecule has 2 aliphatic rings. The van der Waals surface area contributed by atoms with Crippen LogP contribution in [0.1, 0.15) is 45.4 Å². The van der Waals surface area contributed by atoms with Crippen molar-refractivity contribution in [3.8, 4) is 6.07 Å². The molecule has 21 heavy (non-hydrogen) atoms. The third-order valence-corrected chi connectivity index (χ3v) is 4.87. The van der Waals surface area contributed by atoms with Crippen molar-refractivity contribution in [3.05, 3.63) is 12.2 Å². The maximum Gasteiger partial charge on any atom is 0.238 e. The maximum absolute atomic E-state index is 12.5. The average Bonchev–Trinajstić information content (AvgIpc) is 3.11. The highest BCUT2D eigenvalue weighted by Gasteiger charge is 2.39.